The largest absolute Gasteiger partial charge is 0.437 e. The zero-order valence-electron chi connectivity index (χ0n) is 10.5. The quantitative estimate of drug-likeness (QED) is 0.918. The highest BCUT2D eigenvalue weighted by atomic mass is 35.5. The van der Waals surface area contributed by atoms with Crippen molar-refractivity contribution in [2.45, 2.75) is 19.8 Å². The molecule has 100 valence electrons. The number of hydrogen-bond acceptors (Lipinski definition) is 4. The van der Waals surface area contributed by atoms with E-state index >= 15 is 0 Å². The lowest BCUT2D eigenvalue weighted by Gasteiger charge is -2.10. The van der Waals surface area contributed by atoms with Gasteiger partial charge in [-0.3, -0.25) is 0 Å². The van der Waals surface area contributed by atoms with E-state index in [-0.39, 0.29) is 5.92 Å². The maximum atomic E-state index is 6.05. The Morgan fingerprint density at radius 1 is 1.21 bits per heavy atom. The second-order valence-corrected chi connectivity index (χ2v) is 5.08. The van der Waals surface area contributed by atoms with Gasteiger partial charge >= 0.3 is 0 Å². The summed E-state index contributed by atoms with van der Waals surface area (Å²) in [4.78, 5) is 8.43. The van der Waals surface area contributed by atoms with Crippen molar-refractivity contribution in [3.05, 3.63) is 40.1 Å². The van der Waals surface area contributed by atoms with Gasteiger partial charge in [-0.05, 0) is 12.1 Å². The molecule has 0 unspecified atom stereocenters. The van der Waals surface area contributed by atoms with E-state index in [0.717, 1.165) is 0 Å². The third-order valence-electron chi connectivity index (χ3n) is 2.39. The fraction of sp³-hybridized carbons (Fsp3) is 0.231. The predicted octanol–water partition coefficient (Wildman–Crippen LogP) is 4.28. The molecule has 0 atom stereocenters. The van der Waals surface area contributed by atoms with Gasteiger partial charge < -0.3 is 10.5 Å². The molecule has 1 aromatic heterocycles. The first-order chi connectivity index (χ1) is 8.97. The van der Waals surface area contributed by atoms with Crippen molar-refractivity contribution in [1.82, 2.24) is 9.97 Å². The number of halogens is 2. The first-order valence-electron chi connectivity index (χ1n) is 5.73. The molecular formula is C13H13Cl2N3O. The molecule has 2 rings (SSSR count). The molecule has 0 spiro atoms. The Kier molecular flexibility index (Phi) is 4.12. The van der Waals surface area contributed by atoms with Crippen LogP contribution in [0.5, 0.6) is 11.6 Å². The number of ether oxygens (including phenoxy) is 1. The molecule has 6 heteroatoms. The molecule has 0 bridgehead atoms. The number of benzene rings is 1. The zero-order valence-corrected chi connectivity index (χ0v) is 12.0. The highest BCUT2D eigenvalue weighted by Crippen LogP contribution is 2.34. The first-order valence-corrected chi connectivity index (χ1v) is 6.49. The van der Waals surface area contributed by atoms with Crippen LogP contribution in [0.2, 0.25) is 10.0 Å². The Morgan fingerprint density at radius 2 is 1.95 bits per heavy atom. The topological polar surface area (TPSA) is 61.0 Å². The minimum Gasteiger partial charge on any atom is -0.437 e. The number of rotatable bonds is 3. The lowest BCUT2D eigenvalue weighted by molar-refractivity contribution is 0.457. The van der Waals surface area contributed by atoms with Crippen LogP contribution in [-0.4, -0.2) is 9.97 Å². The summed E-state index contributed by atoms with van der Waals surface area (Å²) in [6, 6.07) is 6.69. The first kappa shape index (κ1) is 13.9. The van der Waals surface area contributed by atoms with Crippen LogP contribution in [0.25, 0.3) is 0 Å². The van der Waals surface area contributed by atoms with E-state index in [1.165, 1.54) is 0 Å². The van der Waals surface area contributed by atoms with Crippen molar-refractivity contribution in [3.8, 4) is 11.6 Å². The van der Waals surface area contributed by atoms with Crippen molar-refractivity contribution >= 4 is 29.0 Å². The summed E-state index contributed by atoms with van der Waals surface area (Å²) in [6.07, 6.45) is 0. The Hall–Kier alpha value is -1.52. The number of nitrogens with two attached hydrogens (primary N) is 1. The Bertz CT molecular complexity index is 602. The molecular weight excluding hydrogens is 285 g/mol. The van der Waals surface area contributed by atoms with Gasteiger partial charge in [0, 0.05) is 12.0 Å². The molecule has 0 aliphatic heterocycles. The minimum atomic E-state index is 0.153. The third-order valence-corrected chi connectivity index (χ3v) is 3.19. The second kappa shape index (κ2) is 5.63. The van der Waals surface area contributed by atoms with Gasteiger partial charge in [0.25, 0.3) is 0 Å². The van der Waals surface area contributed by atoms with E-state index in [1.54, 1.807) is 24.3 Å². The second-order valence-electron chi connectivity index (χ2n) is 4.30. The summed E-state index contributed by atoms with van der Waals surface area (Å²) < 4.78 is 5.61. The van der Waals surface area contributed by atoms with Gasteiger partial charge in [0.15, 0.2) is 0 Å². The number of nitrogen functional groups attached to an aromatic ring is 1. The van der Waals surface area contributed by atoms with Crippen molar-refractivity contribution in [2.24, 2.45) is 0 Å². The van der Waals surface area contributed by atoms with Crippen molar-refractivity contribution in [2.75, 3.05) is 5.73 Å². The lowest BCUT2D eigenvalue weighted by atomic mass is 10.2. The molecule has 4 nitrogen and oxygen atoms in total. The van der Waals surface area contributed by atoms with Gasteiger partial charge in [-0.25, -0.2) is 4.98 Å². The summed E-state index contributed by atoms with van der Waals surface area (Å²) in [7, 11) is 0. The molecule has 0 aliphatic carbocycles. The Morgan fingerprint density at radius 3 is 2.63 bits per heavy atom. The predicted molar refractivity (Wildman–Crippen MR) is 77.1 cm³/mol. The number of nitrogens with zero attached hydrogens (tertiary/aromatic N) is 2. The van der Waals surface area contributed by atoms with Crippen LogP contribution in [0, 0.1) is 0 Å². The summed E-state index contributed by atoms with van der Waals surface area (Å²) in [5, 5.41) is 0.762. The van der Waals surface area contributed by atoms with E-state index in [2.05, 4.69) is 9.97 Å². The van der Waals surface area contributed by atoms with Crippen LogP contribution in [0.15, 0.2) is 24.3 Å². The molecule has 0 saturated heterocycles. The van der Waals surface area contributed by atoms with Crippen LogP contribution in [0.4, 0.5) is 5.82 Å². The molecule has 0 saturated carbocycles. The molecule has 1 aromatic carbocycles. The summed E-state index contributed by atoms with van der Waals surface area (Å²) in [5.41, 5.74) is 5.73. The van der Waals surface area contributed by atoms with Gasteiger partial charge in [-0.1, -0.05) is 43.1 Å². The average Bonchev–Trinajstić information content (AvgIpc) is 2.34. The molecule has 0 fully saturated rings. The lowest BCUT2D eigenvalue weighted by Crippen LogP contribution is -2.03. The van der Waals surface area contributed by atoms with Crippen LogP contribution >= 0.6 is 23.2 Å². The van der Waals surface area contributed by atoms with E-state index < -0.39 is 0 Å². The SMILES string of the molecule is CC(C)c1nc(N)cc(Oc2cccc(Cl)c2Cl)n1. The van der Waals surface area contributed by atoms with E-state index in [9.17, 15) is 0 Å². The van der Waals surface area contributed by atoms with Gasteiger partial charge in [0.1, 0.15) is 22.4 Å². The normalized spacial score (nSPS) is 10.8. The fourth-order valence-corrected chi connectivity index (χ4v) is 1.78. The fourth-order valence-electron chi connectivity index (χ4n) is 1.45. The van der Waals surface area contributed by atoms with E-state index in [0.29, 0.717) is 33.3 Å². The zero-order chi connectivity index (χ0) is 14.0. The number of anilines is 1. The molecule has 1 heterocycles. The molecule has 2 N–H and O–H groups in total. The van der Waals surface area contributed by atoms with Gasteiger partial charge in [0.2, 0.25) is 5.88 Å². The number of hydrogen-bond donors (Lipinski definition) is 1. The average molecular weight is 298 g/mol. The maximum Gasteiger partial charge on any atom is 0.224 e. The highest BCUT2D eigenvalue weighted by Gasteiger charge is 2.11. The maximum absolute atomic E-state index is 6.05. The summed E-state index contributed by atoms with van der Waals surface area (Å²) >= 11 is 12.0. The van der Waals surface area contributed by atoms with E-state index in [4.69, 9.17) is 33.7 Å². The monoisotopic (exact) mass is 297 g/mol. The van der Waals surface area contributed by atoms with Gasteiger partial charge in [0.05, 0.1) is 5.02 Å². The summed E-state index contributed by atoms with van der Waals surface area (Å²) in [6.45, 7) is 3.95. The van der Waals surface area contributed by atoms with Crippen LogP contribution < -0.4 is 10.5 Å². The third kappa shape index (κ3) is 3.28. The van der Waals surface area contributed by atoms with Crippen molar-refractivity contribution in [3.63, 3.8) is 0 Å². The Labute approximate surface area is 121 Å². The van der Waals surface area contributed by atoms with Crippen molar-refractivity contribution < 1.29 is 4.74 Å². The van der Waals surface area contributed by atoms with Crippen LogP contribution in [0.1, 0.15) is 25.6 Å². The molecule has 2 aromatic rings. The molecule has 0 amide bonds. The van der Waals surface area contributed by atoms with Gasteiger partial charge in [-0.2, -0.15) is 4.98 Å². The standard InChI is InChI=1S/C13H13Cl2N3O/c1-7(2)13-17-10(16)6-11(18-13)19-9-5-3-4-8(14)12(9)15/h3-7H,1-2H3,(H2,16,17,18). The molecule has 0 aliphatic rings. The van der Waals surface area contributed by atoms with Crippen molar-refractivity contribution in [1.29, 1.82) is 0 Å². The number of aromatic nitrogens is 2. The minimum absolute atomic E-state index is 0.153. The van der Waals surface area contributed by atoms with Crippen LogP contribution in [0.3, 0.4) is 0 Å². The van der Waals surface area contributed by atoms with Gasteiger partial charge in [-0.15, -0.1) is 0 Å². The van der Waals surface area contributed by atoms with Crippen LogP contribution in [-0.2, 0) is 0 Å². The molecule has 0 radical (unpaired) electrons. The Balaban J connectivity index is 2.35. The molecule has 19 heavy (non-hydrogen) atoms. The smallest absolute Gasteiger partial charge is 0.224 e. The van der Waals surface area contributed by atoms with E-state index in [1.807, 2.05) is 13.8 Å². The summed E-state index contributed by atoms with van der Waals surface area (Å²) in [5.74, 6) is 1.91. The highest BCUT2D eigenvalue weighted by molar-refractivity contribution is 6.42.